The molecule has 2 rings (SSSR count). The van der Waals surface area contributed by atoms with Crippen LogP contribution in [0, 0.1) is 0 Å². The first kappa shape index (κ1) is 12.3. The van der Waals surface area contributed by atoms with E-state index in [1.807, 2.05) is 0 Å². The second-order valence-corrected chi connectivity index (χ2v) is 3.59. The second kappa shape index (κ2) is 5.46. The number of rotatable bonds is 4. The van der Waals surface area contributed by atoms with Crippen LogP contribution >= 0.6 is 0 Å². The summed E-state index contributed by atoms with van der Waals surface area (Å²) >= 11 is 0. The van der Waals surface area contributed by atoms with E-state index in [4.69, 9.17) is 9.47 Å². The van der Waals surface area contributed by atoms with Crippen LogP contribution < -0.4 is 9.47 Å². The third-order valence-corrected chi connectivity index (χ3v) is 2.58. The Bertz CT molecular complexity index is 529. The minimum atomic E-state index is -0.118. The maximum atomic E-state index is 9.32. The fourth-order valence-corrected chi connectivity index (χ4v) is 1.70. The van der Waals surface area contributed by atoms with Crippen LogP contribution in [0.4, 0.5) is 0 Å². The number of methoxy groups -OCH3 is 2. The molecule has 5 nitrogen and oxygen atoms in total. The highest BCUT2D eigenvalue weighted by atomic mass is 16.5. The van der Waals surface area contributed by atoms with Gasteiger partial charge in [0.05, 0.1) is 26.4 Å². The lowest BCUT2D eigenvalue weighted by Gasteiger charge is -2.12. The van der Waals surface area contributed by atoms with Crippen molar-refractivity contribution in [1.29, 1.82) is 0 Å². The van der Waals surface area contributed by atoms with Crippen LogP contribution in [0.2, 0.25) is 0 Å². The quantitative estimate of drug-likeness (QED) is 0.888. The molecule has 0 saturated carbocycles. The zero-order valence-electron chi connectivity index (χ0n) is 10.3. The molecule has 18 heavy (non-hydrogen) atoms. The highest BCUT2D eigenvalue weighted by Gasteiger charge is 2.13. The van der Waals surface area contributed by atoms with Crippen molar-refractivity contribution in [3.05, 3.63) is 36.2 Å². The largest absolute Gasteiger partial charge is 0.496 e. The Balaban J connectivity index is 2.59. The SMILES string of the molecule is COc1cc(OC)c(-c2ncccn2)cc1CO. The van der Waals surface area contributed by atoms with E-state index >= 15 is 0 Å². The molecule has 0 atom stereocenters. The molecule has 94 valence electrons. The Morgan fingerprint density at radius 2 is 1.72 bits per heavy atom. The lowest BCUT2D eigenvalue weighted by Crippen LogP contribution is -1.98. The number of aliphatic hydroxyl groups excluding tert-OH is 1. The van der Waals surface area contributed by atoms with Gasteiger partial charge in [0, 0.05) is 24.0 Å². The number of nitrogens with zero attached hydrogens (tertiary/aromatic N) is 2. The van der Waals surface area contributed by atoms with Gasteiger partial charge in [-0.3, -0.25) is 0 Å². The van der Waals surface area contributed by atoms with Crippen molar-refractivity contribution in [2.75, 3.05) is 14.2 Å². The Labute approximate surface area is 105 Å². The first-order valence-corrected chi connectivity index (χ1v) is 5.43. The normalized spacial score (nSPS) is 10.2. The maximum absolute atomic E-state index is 9.32. The Kier molecular flexibility index (Phi) is 3.74. The van der Waals surface area contributed by atoms with E-state index in [9.17, 15) is 5.11 Å². The minimum absolute atomic E-state index is 0.118. The molecule has 1 N–H and O–H groups in total. The van der Waals surface area contributed by atoms with Gasteiger partial charge in [0.15, 0.2) is 5.82 Å². The molecule has 5 heteroatoms. The number of hydrogen-bond donors (Lipinski definition) is 1. The van der Waals surface area contributed by atoms with Gasteiger partial charge in [-0.25, -0.2) is 9.97 Å². The predicted molar refractivity (Wildman–Crippen MR) is 66.5 cm³/mol. The van der Waals surface area contributed by atoms with Crippen molar-refractivity contribution >= 4 is 0 Å². The van der Waals surface area contributed by atoms with Crippen LogP contribution in [-0.2, 0) is 6.61 Å². The molecule has 2 aromatic rings. The smallest absolute Gasteiger partial charge is 0.162 e. The summed E-state index contributed by atoms with van der Waals surface area (Å²) in [7, 11) is 3.12. The summed E-state index contributed by atoms with van der Waals surface area (Å²) in [6.45, 7) is -0.118. The molecule has 0 bridgehead atoms. The van der Waals surface area contributed by atoms with Crippen LogP contribution in [-0.4, -0.2) is 29.3 Å². The monoisotopic (exact) mass is 246 g/mol. The molecule has 0 fully saturated rings. The van der Waals surface area contributed by atoms with Gasteiger partial charge in [-0.15, -0.1) is 0 Å². The van der Waals surface area contributed by atoms with Gasteiger partial charge in [0.1, 0.15) is 11.5 Å². The average Bonchev–Trinajstić information content (AvgIpc) is 2.46. The highest BCUT2D eigenvalue weighted by molar-refractivity contribution is 5.67. The lowest BCUT2D eigenvalue weighted by atomic mass is 10.1. The Morgan fingerprint density at radius 1 is 1.06 bits per heavy atom. The third-order valence-electron chi connectivity index (χ3n) is 2.58. The van der Waals surface area contributed by atoms with Crippen molar-refractivity contribution in [3.63, 3.8) is 0 Å². The second-order valence-electron chi connectivity index (χ2n) is 3.59. The number of ether oxygens (including phenoxy) is 2. The van der Waals surface area contributed by atoms with Crippen molar-refractivity contribution < 1.29 is 14.6 Å². The Hall–Kier alpha value is -2.14. The molecule has 1 aromatic heterocycles. The summed E-state index contributed by atoms with van der Waals surface area (Å²) in [6, 6.07) is 5.23. The molecule has 1 heterocycles. The summed E-state index contributed by atoms with van der Waals surface area (Å²) in [5.74, 6) is 1.73. The predicted octanol–water partition coefficient (Wildman–Crippen LogP) is 1.65. The van der Waals surface area contributed by atoms with Crippen molar-refractivity contribution in [3.8, 4) is 22.9 Å². The average molecular weight is 246 g/mol. The van der Waals surface area contributed by atoms with Crippen LogP contribution in [0.15, 0.2) is 30.6 Å². The summed E-state index contributed by atoms with van der Waals surface area (Å²) in [6.07, 6.45) is 3.31. The summed E-state index contributed by atoms with van der Waals surface area (Å²) in [5.41, 5.74) is 1.39. The number of hydrogen-bond acceptors (Lipinski definition) is 5. The minimum Gasteiger partial charge on any atom is -0.496 e. The number of benzene rings is 1. The zero-order valence-corrected chi connectivity index (χ0v) is 10.3. The molecular weight excluding hydrogens is 232 g/mol. The van der Waals surface area contributed by atoms with E-state index in [-0.39, 0.29) is 6.61 Å². The van der Waals surface area contributed by atoms with Gasteiger partial charge in [0.25, 0.3) is 0 Å². The van der Waals surface area contributed by atoms with E-state index in [2.05, 4.69) is 9.97 Å². The standard InChI is InChI=1S/C13H14N2O3/c1-17-11-7-12(18-2)10(6-9(11)8-16)13-14-4-3-5-15-13/h3-7,16H,8H2,1-2H3. The molecule has 0 radical (unpaired) electrons. The van der Waals surface area contributed by atoms with Gasteiger partial charge < -0.3 is 14.6 Å². The molecule has 0 amide bonds. The van der Waals surface area contributed by atoms with Crippen LogP contribution in [0.5, 0.6) is 11.5 Å². The van der Waals surface area contributed by atoms with E-state index in [0.717, 1.165) is 5.56 Å². The molecule has 0 saturated heterocycles. The van der Waals surface area contributed by atoms with E-state index in [1.165, 1.54) is 0 Å². The van der Waals surface area contributed by atoms with Crippen LogP contribution in [0.1, 0.15) is 5.56 Å². The number of aromatic nitrogens is 2. The zero-order chi connectivity index (χ0) is 13.0. The van der Waals surface area contributed by atoms with Gasteiger partial charge in [-0.05, 0) is 12.1 Å². The fourth-order valence-electron chi connectivity index (χ4n) is 1.70. The molecule has 0 aliphatic rings. The lowest BCUT2D eigenvalue weighted by molar-refractivity contribution is 0.273. The molecular formula is C13H14N2O3. The van der Waals surface area contributed by atoms with Crippen LogP contribution in [0.3, 0.4) is 0 Å². The van der Waals surface area contributed by atoms with Gasteiger partial charge in [0.2, 0.25) is 0 Å². The highest BCUT2D eigenvalue weighted by Crippen LogP contribution is 2.34. The van der Waals surface area contributed by atoms with E-state index in [0.29, 0.717) is 22.9 Å². The first-order chi connectivity index (χ1) is 8.80. The molecule has 0 unspecified atom stereocenters. The molecule has 1 aromatic carbocycles. The molecule has 0 spiro atoms. The van der Waals surface area contributed by atoms with Gasteiger partial charge >= 0.3 is 0 Å². The molecule has 0 aliphatic carbocycles. The summed E-state index contributed by atoms with van der Waals surface area (Å²) in [4.78, 5) is 8.35. The van der Waals surface area contributed by atoms with Crippen LogP contribution in [0.25, 0.3) is 11.4 Å². The third kappa shape index (κ3) is 2.26. The molecule has 0 aliphatic heterocycles. The van der Waals surface area contributed by atoms with E-state index < -0.39 is 0 Å². The van der Waals surface area contributed by atoms with Crippen molar-refractivity contribution in [1.82, 2.24) is 9.97 Å². The number of aliphatic hydroxyl groups is 1. The summed E-state index contributed by atoms with van der Waals surface area (Å²) < 4.78 is 10.5. The van der Waals surface area contributed by atoms with Crippen molar-refractivity contribution in [2.24, 2.45) is 0 Å². The van der Waals surface area contributed by atoms with Gasteiger partial charge in [-0.2, -0.15) is 0 Å². The van der Waals surface area contributed by atoms with Gasteiger partial charge in [-0.1, -0.05) is 0 Å². The topological polar surface area (TPSA) is 64.5 Å². The Morgan fingerprint density at radius 3 is 2.28 bits per heavy atom. The maximum Gasteiger partial charge on any atom is 0.162 e. The first-order valence-electron chi connectivity index (χ1n) is 5.43. The fraction of sp³-hybridized carbons (Fsp3) is 0.231. The van der Waals surface area contributed by atoms with E-state index in [1.54, 1.807) is 44.8 Å². The summed E-state index contributed by atoms with van der Waals surface area (Å²) in [5, 5.41) is 9.32. The van der Waals surface area contributed by atoms with Crippen molar-refractivity contribution in [2.45, 2.75) is 6.61 Å².